The molecule has 1 rings (SSSR count). The van der Waals surface area contributed by atoms with Crippen LogP contribution in [-0.4, -0.2) is 21.1 Å². The van der Waals surface area contributed by atoms with Crippen LogP contribution in [0.5, 0.6) is 0 Å². The maximum absolute atomic E-state index is 12.5. The van der Waals surface area contributed by atoms with E-state index in [4.69, 9.17) is 0 Å². The number of nitrogens with one attached hydrogen (secondary N) is 2. The second-order valence-electron chi connectivity index (χ2n) is 3.48. The van der Waals surface area contributed by atoms with E-state index < -0.39 is 32.8 Å². The molecule has 0 atom stereocenters. The summed E-state index contributed by atoms with van der Waals surface area (Å²) in [6, 6.07) is 3.10. The van der Waals surface area contributed by atoms with Crippen molar-refractivity contribution >= 4 is 16.1 Å². The van der Waals surface area contributed by atoms with Crippen molar-refractivity contribution in [2.24, 2.45) is 0 Å². The van der Waals surface area contributed by atoms with Crippen molar-refractivity contribution in [3.8, 4) is 0 Å². The molecule has 1 aromatic rings. The molecule has 0 spiro atoms. The van der Waals surface area contributed by atoms with E-state index >= 15 is 0 Å². The number of rotatable bonds is 4. The van der Waals surface area contributed by atoms with Crippen molar-refractivity contribution in [1.82, 2.24) is 10.3 Å². The summed E-state index contributed by atoms with van der Waals surface area (Å²) in [5.41, 5.74) is 0.586. The SMILES string of the molecule is CCOC(=O)NNS(=O)(=O)c1cccc(C(F)(F)F)c1. The molecule has 0 saturated carbocycles. The maximum Gasteiger partial charge on any atom is 0.422 e. The summed E-state index contributed by atoms with van der Waals surface area (Å²) in [6.45, 7) is 1.51. The Kier molecular flexibility index (Phi) is 4.95. The Bertz CT molecular complexity index is 586. The fourth-order valence-corrected chi connectivity index (χ4v) is 2.05. The Morgan fingerprint density at radius 2 is 2.00 bits per heavy atom. The summed E-state index contributed by atoms with van der Waals surface area (Å²) < 4.78 is 65.1. The summed E-state index contributed by atoms with van der Waals surface area (Å²) >= 11 is 0. The highest BCUT2D eigenvalue weighted by Crippen LogP contribution is 2.30. The molecule has 2 N–H and O–H groups in total. The van der Waals surface area contributed by atoms with Gasteiger partial charge >= 0.3 is 12.3 Å². The van der Waals surface area contributed by atoms with Crippen molar-refractivity contribution in [1.29, 1.82) is 0 Å². The van der Waals surface area contributed by atoms with Crippen LogP contribution in [-0.2, 0) is 20.9 Å². The zero-order chi connectivity index (χ0) is 15.4. The third-order valence-corrected chi connectivity index (χ3v) is 3.28. The average Bonchev–Trinajstić information content (AvgIpc) is 2.36. The number of benzene rings is 1. The van der Waals surface area contributed by atoms with Crippen LogP contribution >= 0.6 is 0 Å². The van der Waals surface area contributed by atoms with E-state index in [0.29, 0.717) is 6.07 Å². The number of ether oxygens (including phenoxy) is 1. The van der Waals surface area contributed by atoms with Crippen molar-refractivity contribution in [2.75, 3.05) is 6.61 Å². The van der Waals surface area contributed by atoms with Gasteiger partial charge in [-0.25, -0.2) is 18.6 Å². The predicted molar refractivity (Wildman–Crippen MR) is 61.9 cm³/mol. The van der Waals surface area contributed by atoms with Gasteiger partial charge in [0.25, 0.3) is 10.0 Å². The molecule has 0 aliphatic heterocycles. The Balaban J connectivity index is 2.91. The lowest BCUT2D eigenvalue weighted by Crippen LogP contribution is -2.41. The fourth-order valence-electron chi connectivity index (χ4n) is 1.17. The molecule has 0 aliphatic rings. The lowest BCUT2D eigenvalue weighted by molar-refractivity contribution is -0.137. The number of sulfonamides is 1. The number of hydrogen-bond acceptors (Lipinski definition) is 4. The Morgan fingerprint density at radius 1 is 1.35 bits per heavy atom. The smallest absolute Gasteiger partial charge is 0.422 e. The fraction of sp³-hybridized carbons (Fsp3) is 0.300. The van der Waals surface area contributed by atoms with Gasteiger partial charge in [-0.2, -0.15) is 13.2 Å². The molecule has 0 heterocycles. The first-order valence-electron chi connectivity index (χ1n) is 5.28. The molecular formula is C10H11F3N2O4S. The predicted octanol–water partition coefficient (Wildman–Crippen LogP) is 1.64. The van der Waals surface area contributed by atoms with Crippen molar-refractivity contribution in [2.45, 2.75) is 18.0 Å². The number of hydrogen-bond donors (Lipinski definition) is 2. The van der Waals surface area contributed by atoms with E-state index in [1.54, 1.807) is 10.3 Å². The number of alkyl halides is 3. The van der Waals surface area contributed by atoms with Gasteiger partial charge in [-0.15, -0.1) is 4.83 Å². The van der Waals surface area contributed by atoms with E-state index in [1.165, 1.54) is 6.92 Å². The number of halogens is 3. The van der Waals surface area contributed by atoms with Gasteiger partial charge in [-0.3, -0.25) is 0 Å². The number of carbonyl (C=O) groups excluding carboxylic acids is 1. The van der Waals surface area contributed by atoms with Gasteiger partial charge < -0.3 is 4.74 Å². The van der Waals surface area contributed by atoms with Gasteiger partial charge in [-0.1, -0.05) is 6.07 Å². The molecule has 112 valence electrons. The van der Waals surface area contributed by atoms with Crippen LogP contribution in [0.15, 0.2) is 29.2 Å². The quantitative estimate of drug-likeness (QED) is 0.828. The molecule has 0 aromatic heterocycles. The summed E-state index contributed by atoms with van der Waals surface area (Å²) in [5, 5.41) is 0. The molecule has 1 aromatic carbocycles. The van der Waals surface area contributed by atoms with E-state index in [2.05, 4.69) is 4.74 Å². The second-order valence-corrected chi connectivity index (χ2v) is 5.16. The molecule has 20 heavy (non-hydrogen) atoms. The minimum Gasteiger partial charge on any atom is -0.449 e. The summed E-state index contributed by atoms with van der Waals surface area (Å²) in [5.74, 6) is 0. The zero-order valence-electron chi connectivity index (χ0n) is 10.2. The maximum atomic E-state index is 12.5. The molecule has 10 heteroatoms. The average molecular weight is 312 g/mol. The highest BCUT2D eigenvalue weighted by atomic mass is 32.2. The van der Waals surface area contributed by atoms with Gasteiger partial charge in [0, 0.05) is 0 Å². The van der Waals surface area contributed by atoms with Crippen LogP contribution in [0.2, 0.25) is 0 Å². The Morgan fingerprint density at radius 3 is 2.55 bits per heavy atom. The monoisotopic (exact) mass is 312 g/mol. The highest BCUT2D eigenvalue weighted by molar-refractivity contribution is 7.89. The lowest BCUT2D eigenvalue weighted by atomic mass is 10.2. The van der Waals surface area contributed by atoms with Crippen LogP contribution in [0.25, 0.3) is 0 Å². The standard InChI is InChI=1S/C10H11F3N2O4S/c1-2-19-9(16)14-15-20(17,18)8-5-3-4-7(6-8)10(11,12)13/h3-6,15H,2H2,1H3,(H,14,16). The van der Waals surface area contributed by atoms with E-state index in [1.807, 2.05) is 0 Å². The van der Waals surface area contributed by atoms with Gasteiger partial charge in [0.15, 0.2) is 0 Å². The lowest BCUT2D eigenvalue weighted by Gasteiger charge is -2.10. The minimum absolute atomic E-state index is 0.0110. The molecule has 0 aliphatic carbocycles. The summed E-state index contributed by atoms with van der Waals surface area (Å²) in [7, 11) is -4.32. The topological polar surface area (TPSA) is 84.5 Å². The van der Waals surface area contributed by atoms with Crippen LogP contribution < -0.4 is 10.3 Å². The molecular weight excluding hydrogens is 301 g/mol. The van der Waals surface area contributed by atoms with Crippen LogP contribution in [0.1, 0.15) is 12.5 Å². The number of amides is 1. The van der Waals surface area contributed by atoms with Gasteiger partial charge in [0.2, 0.25) is 0 Å². The minimum atomic E-state index is -4.67. The highest BCUT2D eigenvalue weighted by Gasteiger charge is 2.31. The van der Waals surface area contributed by atoms with Crippen LogP contribution in [0.4, 0.5) is 18.0 Å². The zero-order valence-corrected chi connectivity index (χ0v) is 11.0. The first kappa shape index (κ1) is 16.2. The van der Waals surface area contributed by atoms with Gasteiger partial charge in [0.1, 0.15) is 0 Å². The largest absolute Gasteiger partial charge is 0.449 e. The Labute approximate surface area is 112 Å². The van der Waals surface area contributed by atoms with Crippen molar-refractivity contribution in [3.05, 3.63) is 29.8 Å². The number of carbonyl (C=O) groups is 1. The second kappa shape index (κ2) is 6.09. The normalized spacial score (nSPS) is 12.0. The van der Waals surface area contributed by atoms with E-state index in [-0.39, 0.29) is 6.61 Å². The van der Waals surface area contributed by atoms with Gasteiger partial charge in [0.05, 0.1) is 17.1 Å². The van der Waals surface area contributed by atoms with E-state index in [9.17, 15) is 26.4 Å². The van der Waals surface area contributed by atoms with Crippen molar-refractivity contribution < 1.29 is 31.1 Å². The first-order valence-corrected chi connectivity index (χ1v) is 6.77. The van der Waals surface area contributed by atoms with Crippen LogP contribution in [0.3, 0.4) is 0 Å². The summed E-state index contributed by atoms with van der Waals surface area (Å²) in [6.07, 6.45) is -5.73. The van der Waals surface area contributed by atoms with E-state index in [0.717, 1.165) is 18.2 Å². The molecule has 6 nitrogen and oxygen atoms in total. The number of hydrazine groups is 1. The molecule has 0 bridgehead atoms. The third kappa shape index (κ3) is 4.38. The molecule has 0 unspecified atom stereocenters. The molecule has 0 radical (unpaired) electrons. The van der Waals surface area contributed by atoms with Crippen LogP contribution in [0, 0.1) is 0 Å². The summed E-state index contributed by atoms with van der Waals surface area (Å²) in [4.78, 5) is 11.9. The molecule has 0 fully saturated rings. The molecule has 0 saturated heterocycles. The first-order chi connectivity index (χ1) is 9.16. The van der Waals surface area contributed by atoms with Gasteiger partial charge in [-0.05, 0) is 25.1 Å². The molecule has 1 amide bonds. The third-order valence-electron chi connectivity index (χ3n) is 2.03. The van der Waals surface area contributed by atoms with Crippen molar-refractivity contribution in [3.63, 3.8) is 0 Å². The Hall–Kier alpha value is -1.81.